The van der Waals surface area contributed by atoms with Gasteiger partial charge < -0.3 is 15.1 Å². The third-order valence-electron chi connectivity index (χ3n) is 6.58. The van der Waals surface area contributed by atoms with E-state index in [9.17, 15) is 9.59 Å². The third-order valence-corrected chi connectivity index (χ3v) is 6.58. The van der Waals surface area contributed by atoms with E-state index in [1.807, 2.05) is 29.2 Å². The van der Waals surface area contributed by atoms with E-state index in [2.05, 4.69) is 10.2 Å². The van der Waals surface area contributed by atoms with Gasteiger partial charge in [0.05, 0.1) is 0 Å². The number of benzene rings is 1. The van der Waals surface area contributed by atoms with E-state index in [-0.39, 0.29) is 17.9 Å². The molecule has 2 aliphatic heterocycles. The number of amides is 2. The van der Waals surface area contributed by atoms with Crippen molar-refractivity contribution in [2.75, 3.05) is 26.2 Å². The van der Waals surface area contributed by atoms with Crippen LogP contribution in [0.25, 0.3) is 0 Å². The summed E-state index contributed by atoms with van der Waals surface area (Å²) in [4.78, 5) is 30.5. The maximum atomic E-state index is 13.2. The van der Waals surface area contributed by atoms with E-state index in [0.717, 1.165) is 31.4 Å². The largest absolute Gasteiger partial charge is 0.351 e. The summed E-state index contributed by atoms with van der Waals surface area (Å²) in [6, 6.07) is 7.43. The Hall–Kier alpha value is -1.88. The Kier molecular flexibility index (Phi) is 6.30. The van der Waals surface area contributed by atoms with E-state index in [1.54, 1.807) is 0 Å². The second-order valence-corrected chi connectivity index (χ2v) is 8.59. The van der Waals surface area contributed by atoms with Crippen LogP contribution in [0.15, 0.2) is 24.3 Å². The molecule has 0 unspecified atom stereocenters. The zero-order valence-corrected chi connectivity index (χ0v) is 16.9. The summed E-state index contributed by atoms with van der Waals surface area (Å²) in [5.41, 5.74) is 1.57. The molecule has 1 aromatic carbocycles. The van der Waals surface area contributed by atoms with Gasteiger partial charge in [-0.1, -0.05) is 43.9 Å². The second-order valence-electron chi connectivity index (χ2n) is 8.59. The van der Waals surface area contributed by atoms with Crippen molar-refractivity contribution in [2.45, 2.75) is 69.9 Å². The molecule has 0 radical (unpaired) electrons. The summed E-state index contributed by atoms with van der Waals surface area (Å²) in [7, 11) is 0. The molecule has 28 heavy (non-hydrogen) atoms. The molecule has 1 aromatic rings. The van der Waals surface area contributed by atoms with Crippen LogP contribution in [-0.2, 0) is 4.79 Å². The monoisotopic (exact) mass is 383 g/mol. The first kappa shape index (κ1) is 19.4. The van der Waals surface area contributed by atoms with Gasteiger partial charge in [-0.05, 0) is 63.4 Å². The Morgan fingerprint density at radius 3 is 2.43 bits per heavy atom. The molecule has 152 valence electrons. The molecular formula is C23H33N3O2. The van der Waals surface area contributed by atoms with Crippen molar-refractivity contribution >= 4 is 11.8 Å². The van der Waals surface area contributed by atoms with Crippen LogP contribution >= 0.6 is 0 Å². The molecule has 5 heteroatoms. The second kappa shape index (κ2) is 9.08. The van der Waals surface area contributed by atoms with E-state index < -0.39 is 6.04 Å². The number of nitrogens with one attached hydrogen (secondary N) is 1. The summed E-state index contributed by atoms with van der Waals surface area (Å²) < 4.78 is 0. The van der Waals surface area contributed by atoms with E-state index in [0.29, 0.717) is 12.1 Å². The number of hydrogen-bond donors (Lipinski definition) is 1. The molecule has 3 aliphatic rings. The number of carbonyl (C=O) groups excluding carboxylic acids is 2. The zero-order valence-electron chi connectivity index (χ0n) is 16.9. The molecule has 0 aromatic heterocycles. The van der Waals surface area contributed by atoms with Crippen molar-refractivity contribution in [1.29, 1.82) is 0 Å². The van der Waals surface area contributed by atoms with E-state index in [1.165, 1.54) is 51.6 Å². The average Bonchev–Trinajstić information content (AvgIpc) is 3.22. The van der Waals surface area contributed by atoms with Gasteiger partial charge in [0, 0.05) is 18.2 Å². The molecule has 1 aliphatic carbocycles. The fourth-order valence-electron chi connectivity index (χ4n) is 5.06. The Labute approximate surface area is 168 Å². The maximum absolute atomic E-state index is 13.2. The number of likely N-dealkylation sites (tertiary alicyclic amines) is 1. The van der Waals surface area contributed by atoms with E-state index in [4.69, 9.17) is 0 Å². The standard InChI is InChI=1S/C23H33N3O2/c27-22(24-18-10-3-1-2-4-11-18)21-19-12-5-6-13-20(19)23(28)26(21)17-9-16-25-14-7-8-15-25/h5-6,12-13,18,21H,1-4,7-11,14-17H2,(H,24,27)/t21-/m0/s1. The van der Waals surface area contributed by atoms with Gasteiger partial charge in [0.1, 0.15) is 6.04 Å². The molecule has 4 rings (SSSR count). The first-order valence-corrected chi connectivity index (χ1v) is 11.2. The average molecular weight is 384 g/mol. The van der Waals surface area contributed by atoms with Gasteiger partial charge in [-0.15, -0.1) is 0 Å². The van der Waals surface area contributed by atoms with Gasteiger partial charge in [-0.2, -0.15) is 0 Å². The predicted molar refractivity (Wildman–Crippen MR) is 110 cm³/mol. The fourth-order valence-corrected chi connectivity index (χ4v) is 5.06. The summed E-state index contributed by atoms with van der Waals surface area (Å²) >= 11 is 0. The van der Waals surface area contributed by atoms with Crippen LogP contribution in [0.4, 0.5) is 0 Å². The normalized spacial score (nSPS) is 23.6. The number of carbonyl (C=O) groups is 2. The third kappa shape index (κ3) is 4.24. The van der Waals surface area contributed by atoms with Crippen LogP contribution in [0.1, 0.15) is 79.8 Å². The van der Waals surface area contributed by atoms with Gasteiger partial charge in [0.25, 0.3) is 5.91 Å². The summed E-state index contributed by atoms with van der Waals surface area (Å²) in [6.45, 7) is 3.99. The van der Waals surface area contributed by atoms with Crippen molar-refractivity contribution in [1.82, 2.24) is 15.1 Å². The molecule has 2 fully saturated rings. The predicted octanol–water partition coefficient (Wildman–Crippen LogP) is 3.51. The van der Waals surface area contributed by atoms with Crippen molar-refractivity contribution in [3.63, 3.8) is 0 Å². The minimum Gasteiger partial charge on any atom is -0.351 e. The number of hydrogen-bond acceptors (Lipinski definition) is 3. The Bertz CT molecular complexity index is 691. The van der Waals surface area contributed by atoms with Crippen molar-refractivity contribution in [3.8, 4) is 0 Å². The Morgan fingerprint density at radius 1 is 0.964 bits per heavy atom. The van der Waals surface area contributed by atoms with Gasteiger partial charge in [-0.3, -0.25) is 9.59 Å². The quantitative estimate of drug-likeness (QED) is 0.765. The van der Waals surface area contributed by atoms with Gasteiger partial charge in [0.2, 0.25) is 5.91 Å². The molecule has 1 saturated carbocycles. The molecule has 1 saturated heterocycles. The number of nitrogens with zero attached hydrogens (tertiary/aromatic N) is 2. The van der Waals surface area contributed by atoms with Crippen LogP contribution in [-0.4, -0.2) is 53.8 Å². The smallest absolute Gasteiger partial charge is 0.255 e. The Balaban J connectivity index is 1.45. The number of rotatable bonds is 6. The minimum atomic E-state index is -0.467. The highest BCUT2D eigenvalue weighted by Gasteiger charge is 2.41. The van der Waals surface area contributed by atoms with Crippen LogP contribution in [0.3, 0.4) is 0 Å². The van der Waals surface area contributed by atoms with Gasteiger partial charge in [-0.25, -0.2) is 0 Å². The first-order valence-electron chi connectivity index (χ1n) is 11.2. The minimum absolute atomic E-state index is 0.00590. The summed E-state index contributed by atoms with van der Waals surface area (Å²) in [5, 5.41) is 3.28. The van der Waals surface area contributed by atoms with E-state index >= 15 is 0 Å². The van der Waals surface area contributed by atoms with Crippen LogP contribution in [0.5, 0.6) is 0 Å². The molecule has 2 amide bonds. The van der Waals surface area contributed by atoms with Crippen molar-refractivity contribution in [2.24, 2.45) is 0 Å². The highest BCUT2D eigenvalue weighted by atomic mass is 16.2. The molecule has 5 nitrogen and oxygen atoms in total. The Morgan fingerprint density at radius 2 is 1.68 bits per heavy atom. The lowest BCUT2D eigenvalue weighted by Gasteiger charge is -2.27. The molecule has 0 bridgehead atoms. The van der Waals surface area contributed by atoms with Crippen molar-refractivity contribution in [3.05, 3.63) is 35.4 Å². The topological polar surface area (TPSA) is 52.7 Å². The molecule has 0 spiro atoms. The first-order chi connectivity index (χ1) is 13.7. The zero-order chi connectivity index (χ0) is 19.3. The molecular weight excluding hydrogens is 350 g/mol. The highest BCUT2D eigenvalue weighted by Crippen LogP contribution is 2.34. The summed E-state index contributed by atoms with van der Waals surface area (Å²) in [5.74, 6) is 0.0180. The van der Waals surface area contributed by atoms with Gasteiger partial charge >= 0.3 is 0 Å². The van der Waals surface area contributed by atoms with Crippen molar-refractivity contribution < 1.29 is 9.59 Å². The molecule has 1 atom stereocenters. The maximum Gasteiger partial charge on any atom is 0.255 e. The number of fused-ring (bicyclic) bond motifs is 1. The molecule has 1 N–H and O–H groups in total. The lowest BCUT2D eigenvalue weighted by molar-refractivity contribution is -0.126. The lowest BCUT2D eigenvalue weighted by Crippen LogP contribution is -2.44. The fraction of sp³-hybridized carbons (Fsp3) is 0.652. The van der Waals surface area contributed by atoms with Crippen LogP contribution < -0.4 is 5.32 Å². The van der Waals surface area contributed by atoms with Crippen LogP contribution in [0, 0.1) is 0 Å². The highest BCUT2D eigenvalue weighted by molar-refractivity contribution is 6.04. The summed E-state index contributed by atoms with van der Waals surface area (Å²) in [6.07, 6.45) is 10.5. The van der Waals surface area contributed by atoms with Gasteiger partial charge in [0.15, 0.2) is 0 Å². The SMILES string of the molecule is O=C(NC1CCCCCC1)[C@@H]1c2ccccc2C(=O)N1CCCN1CCCC1. The van der Waals surface area contributed by atoms with Crippen LogP contribution in [0.2, 0.25) is 0 Å². The lowest BCUT2D eigenvalue weighted by atomic mass is 10.0. The molecule has 2 heterocycles.